The third-order valence-electron chi connectivity index (χ3n) is 3.45. The molecule has 3 heteroatoms. The van der Waals surface area contributed by atoms with Crippen molar-refractivity contribution in [3.05, 3.63) is 0 Å². The minimum absolute atomic E-state index is 0.308. The largest absolute Gasteiger partial charge is 0.396 e. The topological polar surface area (TPSA) is 26.7 Å². The molecule has 1 fully saturated rings. The predicted octanol–water partition coefficient (Wildman–Crippen LogP) is 2.06. The van der Waals surface area contributed by atoms with E-state index in [-0.39, 0.29) is 0 Å². The molecule has 0 aliphatic carbocycles. The van der Waals surface area contributed by atoms with Gasteiger partial charge in [0.05, 0.1) is 0 Å². The Kier molecular flexibility index (Phi) is 6.09. The Balaban J connectivity index is 2.53. The van der Waals surface area contributed by atoms with Crippen LogP contribution in [0.25, 0.3) is 0 Å². The van der Waals surface area contributed by atoms with Gasteiger partial charge in [0.2, 0.25) is 0 Å². The quantitative estimate of drug-likeness (QED) is 0.815. The van der Waals surface area contributed by atoms with Gasteiger partial charge in [0, 0.05) is 45.4 Å². The highest BCUT2D eigenvalue weighted by molar-refractivity contribution is 4.84. The molecule has 0 aromatic heterocycles. The second kappa shape index (κ2) is 6.88. The third kappa shape index (κ3) is 5.68. The van der Waals surface area contributed by atoms with E-state index in [1.807, 2.05) is 0 Å². The summed E-state index contributed by atoms with van der Waals surface area (Å²) in [6, 6.07) is 0.536. The molecule has 1 N–H and O–H groups in total. The van der Waals surface area contributed by atoms with Crippen molar-refractivity contribution in [3.63, 3.8) is 0 Å². The van der Waals surface area contributed by atoms with Gasteiger partial charge in [-0.15, -0.1) is 0 Å². The zero-order valence-electron chi connectivity index (χ0n) is 12.9. The molecule has 18 heavy (non-hydrogen) atoms. The van der Waals surface area contributed by atoms with Crippen LogP contribution in [0.5, 0.6) is 0 Å². The van der Waals surface area contributed by atoms with Gasteiger partial charge in [0.1, 0.15) is 0 Å². The van der Waals surface area contributed by atoms with E-state index in [1.165, 1.54) is 6.54 Å². The van der Waals surface area contributed by atoms with Gasteiger partial charge >= 0.3 is 0 Å². The van der Waals surface area contributed by atoms with Crippen molar-refractivity contribution in [1.29, 1.82) is 0 Å². The van der Waals surface area contributed by atoms with Crippen LogP contribution in [-0.2, 0) is 0 Å². The summed E-state index contributed by atoms with van der Waals surface area (Å²) in [5.74, 6) is 0.709. The van der Waals surface area contributed by atoms with Gasteiger partial charge in [0.25, 0.3) is 0 Å². The molecule has 108 valence electrons. The molecule has 0 radical (unpaired) electrons. The van der Waals surface area contributed by atoms with Crippen LogP contribution in [0.2, 0.25) is 0 Å². The van der Waals surface area contributed by atoms with Crippen molar-refractivity contribution in [1.82, 2.24) is 9.80 Å². The number of aliphatic hydroxyl groups is 1. The Bertz CT molecular complexity index is 235. The van der Waals surface area contributed by atoms with Gasteiger partial charge in [0.15, 0.2) is 0 Å². The van der Waals surface area contributed by atoms with Crippen LogP contribution in [0.3, 0.4) is 0 Å². The molecule has 1 unspecified atom stereocenters. The Labute approximate surface area is 113 Å². The minimum Gasteiger partial charge on any atom is -0.396 e. The lowest BCUT2D eigenvalue weighted by Crippen LogP contribution is -2.55. The van der Waals surface area contributed by atoms with Crippen LogP contribution in [0.1, 0.15) is 41.0 Å². The smallest absolute Gasteiger partial charge is 0.0446 e. The zero-order valence-corrected chi connectivity index (χ0v) is 12.9. The highest BCUT2D eigenvalue weighted by Gasteiger charge is 2.28. The van der Waals surface area contributed by atoms with Crippen LogP contribution >= 0.6 is 0 Å². The normalized spacial score (nSPS) is 23.8. The first-order valence-corrected chi connectivity index (χ1v) is 7.39. The first-order chi connectivity index (χ1) is 8.31. The second-order valence-electron chi connectivity index (χ2n) is 7.35. The van der Waals surface area contributed by atoms with Gasteiger partial charge in [-0.2, -0.15) is 0 Å². The Morgan fingerprint density at radius 1 is 1.22 bits per heavy atom. The maximum absolute atomic E-state index is 9.24. The van der Waals surface area contributed by atoms with E-state index in [4.69, 9.17) is 0 Å². The highest BCUT2D eigenvalue weighted by atomic mass is 16.3. The fourth-order valence-corrected chi connectivity index (χ4v) is 2.90. The fraction of sp³-hybridized carbons (Fsp3) is 1.00. The molecule has 0 aromatic rings. The molecular formula is C15H32N2O. The van der Waals surface area contributed by atoms with E-state index in [2.05, 4.69) is 44.4 Å². The van der Waals surface area contributed by atoms with Crippen LogP contribution in [0.4, 0.5) is 0 Å². The van der Waals surface area contributed by atoms with E-state index in [0.717, 1.165) is 32.6 Å². The molecule has 1 rings (SSSR count). The third-order valence-corrected chi connectivity index (χ3v) is 3.45. The number of piperazine rings is 1. The SMILES string of the molecule is CC(C)CN1CCN(CC(C)(C)C)CC1CCO. The summed E-state index contributed by atoms with van der Waals surface area (Å²) < 4.78 is 0. The van der Waals surface area contributed by atoms with Crippen LogP contribution < -0.4 is 0 Å². The molecule has 0 bridgehead atoms. The van der Waals surface area contributed by atoms with Crippen LogP contribution in [0.15, 0.2) is 0 Å². The summed E-state index contributed by atoms with van der Waals surface area (Å²) in [4.78, 5) is 5.14. The maximum Gasteiger partial charge on any atom is 0.0446 e. The maximum atomic E-state index is 9.24. The molecule has 0 spiro atoms. The summed E-state index contributed by atoms with van der Waals surface area (Å²) in [6.45, 7) is 17.5. The Morgan fingerprint density at radius 3 is 2.39 bits per heavy atom. The standard InChI is InChI=1S/C15H32N2O/c1-13(2)10-17-8-7-16(12-15(3,4)5)11-14(17)6-9-18/h13-14,18H,6-12H2,1-5H3. The van der Waals surface area contributed by atoms with Gasteiger partial charge in [-0.05, 0) is 17.8 Å². The Hall–Kier alpha value is -0.120. The summed E-state index contributed by atoms with van der Waals surface area (Å²) in [5.41, 5.74) is 0.365. The lowest BCUT2D eigenvalue weighted by molar-refractivity contribution is 0.0364. The lowest BCUT2D eigenvalue weighted by Gasteiger charge is -2.44. The lowest BCUT2D eigenvalue weighted by atomic mass is 9.95. The summed E-state index contributed by atoms with van der Waals surface area (Å²) in [7, 11) is 0. The predicted molar refractivity (Wildman–Crippen MR) is 77.8 cm³/mol. The monoisotopic (exact) mass is 256 g/mol. The average molecular weight is 256 g/mol. The van der Waals surface area contributed by atoms with Crippen molar-refractivity contribution in [2.24, 2.45) is 11.3 Å². The minimum atomic E-state index is 0.308. The van der Waals surface area contributed by atoms with Crippen LogP contribution in [-0.4, -0.2) is 60.3 Å². The van der Waals surface area contributed by atoms with E-state index < -0.39 is 0 Å². The van der Waals surface area contributed by atoms with E-state index in [1.54, 1.807) is 0 Å². The second-order valence-corrected chi connectivity index (χ2v) is 7.35. The van der Waals surface area contributed by atoms with Crippen molar-refractivity contribution in [3.8, 4) is 0 Å². The zero-order chi connectivity index (χ0) is 13.8. The molecule has 1 atom stereocenters. The molecule has 0 saturated carbocycles. The van der Waals surface area contributed by atoms with Gasteiger partial charge in [-0.3, -0.25) is 9.80 Å². The van der Waals surface area contributed by atoms with Gasteiger partial charge in [-0.25, -0.2) is 0 Å². The molecule has 0 aromatic carbocycles. The van der Waals surface area contributed by atoms with Crippen LogP contribution in [0, 0.1) is 11.3 Å². The average Bonchev–Trinajstić information content (AvgIpc) is 2.19. The number of rotatable bonds is 5. The Morgan fingerprint density at radius 2 is 1.89 bits per heavy atom. The van der Waals surface area contributed by atoms with Crippen molar-refractivity contribution < 1.29 is 5.11 Å². The van der Waals surface area contributed by atoms with E-state index in [0.29, 0.717) is 24.0 Å². The van der Waals surface area contributed by atoms with E-state index in [9.17, 15) is 5.11 Å². The van der Waals surface area contributed by atoms with E-state index >= 15 is 0 Å². The molecule has 1 aliphatic rings. The van der Waals surface area contributed by atoms with Crippen molar-refractivity contribution >= 4 is 0 Å². The first kappa shape index (κ1) is 15.9. The summed E-state index contributed by atoms with van der Waals surface area (Å²) in [5, 5.41) is 9.24. The number of aliphatic hydroxyl groups excluding tert-OH is 1. The molecule has 1 saturated heterocycles. The highest BCUT2D eigenvalue weighted by Crippen LogP contribution is 2.20. The number of hydrogen-bond acceptors (Lipinski definition) is 3. The molecule has 3 nitrogen and oxygen atoms in total. The van der Waals surface area contributed by atoms with Crippen molar-refractivity contribution in [2.45, 2.75) is 47.1 Å². The summed E-state index contributed by atoms with van der Waals surface area (Å²) >= 11 is 0. The first-order valence-electron chi connectivity index (χ1n) is 7.39. The number of hydrogen-bond donors (Lipinski definition) is 1. The molecule has 1 aliphatic heterocycles. The van der Waals surface area contributed by atoms with Gasteiger partial charge < -0.3 is 5.11 Å². The molecule has 1 heterocycles. The summed E-state index contributed by atoms with van der Waals surface area (Å²) in [6.07, 6.45) is 0.910. The molecule has 0 amide bonds. The fourth-order valence-electron chi connectivity index (χ4n) is 2.90. The number of nitrogens with zero attached hydrogens (tertiary/aromatic N) is 2. The van der Waals surface area contributed by atoms with Gasteiger partial charge in [-0.1, -0.05) is 34.6 Å². The van der Waals surface area contributed by atoms with Crippen molar-refractivity contribution in [2.75, 3.05) is 39.3 Å². The molecular weight excluding hydrogens is 224 g/mol.